The number of hydrogen-bond acceptors (Lipinski definition) is 5. The van der Waals surface area contributed by atoms with E-state index < -0.39 is 29.9 Å². The number of carbonyl (C=O) groups is 3. The number of carbonyl (C=O) groups excluding carboxylic acids is 2. The molecule has 0 saturated carbocycles. The molecule has 2 aromatic heterocycles. The first-order valence-electron chi connectivity index (χ1n) is 13.2. The summed E-state index contributed by atoms with van der Waals surface area (Å²) in [5.41, 5.74) is 2.65. The third-order valence-corrected chi connectivity index (χ3v) is 9.19. The zero-order valence-corrected chi connectivity index (χ0v) is 24.2. The minimum atomic E-state index is -1.23. The molecule has 0 bridgehead atoms. The second-order valence-electron chi connectivity index (χ2n) is 11.0. The largest absolute Gasteiger partial charge is 0.480 e. The van der Waals surface area contributed by atoms with E-state index in [-0.39, 0.29) is 17.1 Å². The lowest BCUT2D eigenvalue weighted by Crippen LogP contribution is -2.46. The molecule has 5 rings (SSSR count). The number of aliphatic carboxylic acids is 1. The molecule has 3 heterocycles. The summed E-state index contributed by atoms with van der Waals surface area (Å²) in [5.74, 6) is -3.20. The molecule has 7 heteroatoms. The van der Waals surface area contributed by atoms with E-state index >= 15 is 0 Å². The molecule has 5 nitrogen and oxygen atoms in total. The first-order chi connectivity index (χ1) is 19.2. The minimum Gasteiger partial charge on any atom is -0.480 e. The second-order valence-corrected chi connectivity index (χ2v) is 12.9. The summed E-state index contributed by atoms with van der Waals surface area (Å²) in [7, 11) is 0. The van der Waals surface area contributed by atoms with Crippen LogP contribution in [0.4, 0.5) is 0 Å². The van der Waals surface area contributed by atoms with Crippen molar-refractivity contribution in [3.8, 4) is 0 Å². The van der Waals surface area contributed by atoms with Gasteiger partial charge in [-0.1, -0.05) is 99.7 Å². The van der Waals surface area contributed by atoms with Crippen LogP contribution in [0.15, 0.2) is 95.7 Å². The van der Waals surface area contributed by atoms with E-state index in [0.29, 0.717) is 9.75 Å². The third kappa shape index (κ3) is 5.44. The van der Waals surface area contributed by atoms with Crippen LogP contribution in [0, 0.1) is 5.92 Å². The molecule has 4 atom stereocenters. The number of likely N-dealkylation sites (tertiary alicyclic amines) is 1. The van der Waals surface area contributed by atoms with Crippen LogP contribution in [0.25, 0.3) is 6.08 Å². The van der Waals surface area contributed by atoms with Crippen LogP contribution in [0.5, 0.6) is 0 Å². The summed E-state index contributed by atoms with van der Waals surface area (Å²) < 4.78 is 0. The van der Waals surface area contributed by atoms with Gasteiger partial charge >= 0.3 is 5.97 Å². The van der Waals surface area contributed by atoms with Crippen molar-refractivity contribution in [3.05, 3.63) is 122 Å². The molecule has 4 unspecified atom stereocenters. The first-order valence-corrected chi connectivity index (χ1v) is 14.9. The molecule has 1 fully saturated rings. The van der Waals surface area contributed by atoms with Gasteiger partial charge in [0, 0.05) is 5.92 Å². The normalized spacial score (nSPS) is 21.1. The maximum atomic E-state index is 14.2. The number of amides is 1. The molecule has 1 aliphatic rings. The molecule has 0 aliphatic carbocycles. The Bertz CT molecular complexity index is 1500. The number of carboxylic acid groups (broad SMARTS) is 1. The van der Waals surface area contributed by atoms with E-state index in [2.05, 4.69) is 20.8 Å². The molecule has 204 valence electrons. The fraction of sp³-hybridized carbons (Fsp3) is 0.242. The van der Waals surface area contributed by atoms with E-state index in [4.69, 9.17) is 0 Å². The van der Waals surface area contributed by atoms with Crippen LogP contribution < -0.4 is 0 Å². The molecule has 1 N–H and O–H groups in total. The third-order valence-electron chi connectivity index (χ3n) is 7.45. The molecule has 40 heavy (non-hydrogen) atoms. The average Bonchev–Trinajstić information content (AvgIpc) is 3.71. The Hall–Kier alpha value is -3.81. The summed E-state index contributed by atoms with van der Waals surface area (Å²) in [5, 5.41) is 14.3. The van der Waals surface area contributed by atoms with Gasteiger partial charge in [-0.3, -0.25) is 9.59 Å². The first kappa shape index (κ1) is 27.7. The molecule has 1 amide bonds. The molecular weight excluding hydrogens is 539 g/mol. The molecule has 1 aliphatic heterocycles. The van der Waals surface area contributed by atoms with E-state index in [0.717, 1.165) is 16.7 Å². The average molecular weight is 570 g/mol. The van der Waals surface area contributed by atoms with Crippen LogP contribution in [-0.2, 0) is 10.2 Å². The van der Waals surface area contributed by atoms with Gasteiger partial charge in [-0.15, -0.1) is 22.7 Å². The van der Waals surface area contributed by atoms with Crippen LogP contribution in [0.1, 0.15) is 62.7 Å². The van der Waals surface area contributed by atoms with Gasteiger partial charge in [-0.25, -0.2) is 4.79 Å². The minimum absolute atomic E-state index is 0.0886. The van der Waals surface area contributed by atoms with Crippen LogP contribution in [-0.4, -0.2) is 39.7 Å². The predicted octanol–water partition coefficient (Wildman–Crippen LogP) is 7.38. The number of benzene rings is 2. The van der Waals surface area contributed by atoms with Crippen molar-refractivity contribution in [2.24, 2.45) is 5.92 Å². The smallest absolute Gasteiger partial charge is 0.327 e. The maximum Gasteiger partial charge on any atom is 0.327 e. The topological polar surface area (TPSA) is 74.7 Å². The van der Waals surface area contributed by atoms with Crippen LogP contribution in [0.3, 0.4) is 0 Å². The van der Waals surface area contributed by atoms with Gasteiger partial charge in [0.2, 0.25) is 0 Å². The molecule has 4 aromatic rings. The monoisotopic (exact) mass is 569 g/mol. The molecule has 0 spiro atoms. The Morgan fingerprint density at radius 2 is 1.45 bits per heavy atom. The van der Waals surface area contributed by atoms with Crippen molar-refractivity contribution in [2.75, 3.05) is 0 Å². The van der Waals surface area contributed by atoms with Crippen LogP contribution in [0.2, 0.25) is 0 Å². The van der Waals surface area contributed by atoms with Crippen molar-refractivity contribution in [1.29, 1.82) is 0 Å². The van der Waals surface area contributed by atoms with Crippen molar-refractivity contribution < 1.29 is 19.5 Å². The lowest BCUT2D eigenvalue weighted by atomic mass is 9.77. The fourth-order valence-corrected chi connectivity index (χ4v) is 6.86. The number of hydrogen-bond donors (Lipinski definition) is 1. The van der Waals surface area contributed by atoms with Gasteiger partial charge in [-0.05, 0) is 45.0 Å². The lowest BCUT2D eigenvalue weighted by molar-refractivity contribution is -0.142. The Kier molecular flexibility index (Phi) is 7.88. The molecule has 0 radical (unpaired) electrons. The number of thiophene rings is 2. The summed E-state index contributed by atoms with van der Waals surface area (Å²) in [6.07, 6.45) is 3.70. The maximum absolute atomic E-state index is 14.2. The number of rotatable bonds is 7. The zero-order chi connectivity index (χ0) is 28.4. The second kappa shape index (κ2) is 11.4. The summed E-state index contributed by atoms with van der Waals surface area (Å²) in [6.45, 7) is 6.35. The standard InChI is InChI=1S/C33H31NO4S2/c1-33(2,3)23-16-14-22(15-17-23)27-28(30(35)25-11-7-19-39-25)24(18-13-21-9-5-4-6-10-21)34(29(27)32(37)38)31(36)26-12-8-20-40-26/h4-20,24,27-29H,1-3H3,(H,37,38). The Morgan fingerprint density at radius 3 is 2.00 bits per heavy atom. The predicted molar refractivity (Wildman–Crippen MR) is 161 cm³/mol. The van der Waals surface area contributed by atoms with Gasteiger partial charge in [0.05, 0.1) is 21.7 Å². The highest BCUT2D eigenvalue weighted by molar-refractivity contribution is 7.12. The van der Waals surface area contributed by atoms with Crippen molar-refractivity contribution in [3.63, 3.8) is 0 Å². The van der Waals surface area contributed by atoms with Crippen molar-refractivity contribution in [2.45, 2.75) is 44.2 Å². The highest BCUT2D eigenvalue weighted by Crippen LogP contribution is 2.46. The molecule has 1 saturated heterocycles. The number of carboxylic acids is 1. The highest BCUT2D eigenvalue weighted by Gasteiger charge is 2.56. The van der Waals surface area contributed by atoms with E-state index in [1.165, 1.54) is 27.6 Å². The highest BCUT2D eigenvalue weighted by atomic mass is 32.1. The Labute approximate surface area is 242 Å². The van der Waals surface area contributed by atoms with E-state index in [1.807, 2.05) is 78.2 Å². The Balaban J connectivity index is 1.70. The summed E-state index contributed by atoms with van der Waals surface area (Å²) in [4.78, 5) is 43.7. The van der Waals surface area contributed by atoms with Gasteiger partial charge in [-0.2, -0.15) is 0 Å². The summed E-state index contributed by atoms with van der Waals surface area (Å²) >= 11 is 2.60. The number of Topliss-reactive ketones (excluding diaryl/α,β-unsaturated/α-hetero) is 1. The van der Waals surface area contributed by atoms with E-state index in [1.54, 1.807) is 23.6 Å². The quantitative estimate of drug-likeness (QED) is 0.236. The molecular formula is C33H31NO4S2. The van der Waals surface area contributed by atoms with Gasteiger partial charge in [0.15, 0.2) is 5.78 Å². The van der Waals surface area contributed by atoms with Crippen molar-refractivity contribution in [1.82, 2.24) is 4.90 Å². The SMILES string of the molecule is CC(C)(C)c1ccc(C2C(C(=O)c3cccs3)C(C=Cc3ccccc3)N(C(=O)c3cccs3)C2C(=O)O)cc1. The molecule has 2 aromatic carbocycles. The number of ketones is 1. The van der Waals surface area contributed by atoms with E-state index in [9.17, 15) is 19.5 Å². The van der Waals surface area contributed by atoms with Crippen molar-refractivity contribution >= 4 is 46.4 Å². The van der Waals surface area contributed by atoms with Gasteiger partial charge in [0.25, 0.3) is 5.91 Å². The summed E-state index contributed by atoms with van der Waals surface area (Å²) in [6, 6.07) is 22.5. The zero-order valence-electron chi connectivity index (χ0n) is 22.6. The fourth-order valence-electron chi connectivity index (χ4n) is 5.48. The van der Waals surface area contributed by atoms with Crippen LogP contribution >= 0.6 is 22.7 Å². The van der Waals surface area contributed by atoms with Gasteiger partial charge in [0.1, 0.15) is 6.04 Å². The van der Waals surface area contributed by atoms with Gasteiger partial charge < -0.3 is 10.0 Å². The number of nitrogens with zero attached hydrogens (tertiary/aromatic N) is 1. The lowest BCUT2D eigenvalue weighted by Gasteiger charge is -2.28. The Morgan fingerprint density at radius 1 is 0.825 bits per heavy atom.